The summed E-state index contributed by atoms with van der Waals surface area (Å²) < 4.78 is 38.3. The second-order valence-corrected chi connectivity index (χ2v) is 6.28. The third-order valence-corrected chi connectivity index (χ3v) is 4.15. The summed E-state index contributed by atoms with van der Waals surface area (Å²) in [6, 6.07) is 19.7. The first-order chi connectivity index (χ1) is 13.8. The van der Waals surface area contributed by atoms with E-state index in [-0.39, 0.29) is 12.5 Å². The lowest BCUT2D eigenvalue weighted by atomic mass is 10.1. The average molecular weight is 398 g/mol. The standard InChI is InChI=1S/C22H17F3N2O2/c23-22(24,25)18-8-4-5-15(13-18)14-26-20(28)17-9-11-19(12-10-17)27-21(29)16-6-2-1-3-7-16/h1-13H,14H2,(H,26,28)(H,27,29). The van der Waals surface area contributed by atoms with Crippen LogP contribution in [0.1, 0.15) is 31.8 Å². The summed E-state index contributed by atoms with van der Waals surface area (Å²) in [7, 11) is 0. The van der Waals surface area contributed by atoms with Crippen LogP contribution >= 0.6 is 0 Å². The quantitative estimate of drug-likeness (QED) is 0.643. The first-order valence-electron chi connectivity index (χ1n) is 8.74. The number of amides is 2. The van der Waals surface area contributed by atoms with Crippen molar-refractivity contribution in [2.75, 3.05) is 5.32 Å². The number of benzene rings is 3. The van der Waals surface area contributed by atoms with Crippen molar-refractivity contribution < 1.29 is 22.8 Å². The Morgan fingerprint density at radius 1 is 0.759 bits per heavy atom. The van der Waals surface area contributed by atoms with Gasteiger partial charge in [-0.3, -0.25) is 9.59 Å². The molecule has 3 aromatic carbocycles. The van der Waals surface area contributed by atoms with E-state index in [2.05, 4.69) is 10.6 Å². The largest absolute Gasteiger partial charge is 0.416 e. The molecule has 7 heteroatoms. The minimum Gasteiger partial charge on any atom is -0.348 e. The zero-order valence-corrected chi connectivity index (χ0v) is 15.2. The summed E-state index contributed by atoms with van der Waals surface area (Å²) in [5.74, 6) is -0.698. The van der Waals surface area contributed by atoms with Crippen molar-refractivity contribution in [3.63, 3.8) is 0 Å². The van der Waals surface area contributed by atoms with Crippen LogP contribution in [-0.2, 0) is 12.7 Å². The highest BCUT2D eigenvalue weighted by atomic mass is 19.4. The minimum atomic E-state index is -4.43. The van der Waals surface area contributed by atoms with Crippen LogP contribution < -0.4 is 10.6 Å². The highest BCUT2D eigenvalue weighted by Crippen LogP contribution is 2.29. The van der Waals surface area contributed by atoms with Gasteiger partial charge in [-0.15, -0.1) is 0 Å². The number of hydrogen-bond donors (Lipinski definition) is 2. The van der Waals surface area contributed by atoms with E-state index in [1.807, 2.05) is 6.07 Å². The molecule has 2 amide bonds. The van der Waals surface area contributed by atoms with Gasteiger partial charge in [-0.05, 0) is 54.1 Å². The van der Waals surface area contributed by atoms with E-state index in [1.54, 1.807) is 36.4 Å². The van der Waals surface area contributed by atoms with Crippen LogP contribution in [0.2, 0.25) is 0 Å². The van der Waals surface area contributed by atoms with Crippen LogP contribution in [0, 0.1) is 0 Å². The number of nitrogens with one attached hydrogen (secondary N) is 2. The van der Waals surface area contributed by atoms with Crippen molar-refractivity contribution in [2.45, 2.75) is 12.7 Å². The first kappa shape index (κ1) is 20.1. The van der Waals surface area contributed by atoms with Gasteiger partial charge in [0.15, 0.2) is 0 Å². The Kier molecular flexibility index (Phi) is 5.97. The second-order valence-electron chi connectivity index (χ2n) is 6.28. The molecule has 3 aromatic rings. The van der Waals surface area contributed by atoms with Gasteiger partial charge in [0.1, 0.15) is 0 Å². The average Bonchev–Trinajstić information content (AvgIpc) is 2.73. The van der Waals surface area contributed by atoms with E-state index in [9.17, 15) is 22.8 Å². The molecule has 0 bridgehead atoms. The number of carbonyl (C=O) groups excluding carboxylic acids is 2. The molecular formula is C22H17F3N2O2. The maximum atomic E-state index is 12.8. The Labute approximate surface area is 165 Å². The van der Waals surface area contributed by atoms with E-state index in [0.29, 0.717) is 22.4 Å². The van der Waals surface area contributed by atoms with Gasteiger partial charge in [0.25, 0.3) is 11.8 Å². The lowest BCUT2D eigenvalue weighted by molar-refractivity contribution is -0.137. The molecule has 0 saturated heterocycles. The van der Waals surface area contributed by atoms with Crippen LogP contribution in [0.25, 0.3) is 0 Å². The van der Waals surface area contributed by atoms with Crippen molar-refractivity contribution in [3.8, 4) is 0 Å². The van der Waals surface area contributed by atoms with Crippen LogP contribution in [-0.4, -0.2) is 11.8 Å². The molecule has 0 radical (unpaired) electrons. The molecular weight excluding hydrogens is 381 g/mol. The van der Waals surface area contributed by atoms with Crippen LogP contribution in [0.15, 0.2) is 78.9 Å². The Morgan fingerprint density at radius 3 is 2.07 bits per heavy atom. The lowest BCUT2D eigenvalue weighted by Gasteiger charge is -2.10. The Bertz CT molecular complexity index is 1000. The molecule has 0 aliphatic rings. The van der Waals surface area contributed by atoms with Gasteiger partial charge in [0.05, 0.1) is 5.56 Å². The molecule has 0 atom stereocenters. The summed E-state index contributed by atoms with van der Waals surface area (Å²) in [6.07, 6.45) is -4.43. The van der Waals surface area contributed by atoms with Gasteiger partial charge >= 0.3 is 6.18 Å². The number of alkyl halides is 3. The Hall–Kier alpha value is -3.61. The number of halogens is 3. The minimum absolute atomic E-state index is 0.0325. The van der Waals surface area contributed by atoms with Gasteiger partial charge in [-0.1, -0.05) is 30.3 Å². The molecule has 0 unspecified atom stereocenters. The first-order valence-corrected chi connectivity index (χ1v) is 8.74. The molecule has 29 heavy (non-hydrogen) atoms. The fraction of sp³-hybridized carbons (Fsp3) is 0.0909. The van der Waals surface area contributed by atoms with Gasteiger partial charge < -0.3 is 10.6 Å². The molecule has 148 valence electrons. The molecule has 0 heterocycles. The number of anilines is 1. The fourth-order valence-corrected chi connectivity index (χ4v) is 2.64. The third-order valence-electron chi connectivity index (χ3n) is 4.15. The molecule has 0 aliphatic carbocycles. The predicted molar refractivity (Wildman–Crippen MR) is 103 cm³/mol. The monoisotopic (exact) mass is 398 g/mol. The van der Waals surface area contributed by atoms with Gasteiger partial charge in [0.2, 0.25) is 0 Å². The van der Waals surface area contributed by atoms with Gasteiger partial charge in [-0.25, -0.2) is 0 Å². The van der Waals surface area contributed by atoms with Gasteiger partial charge in [0, 0.05) is 23.4 Å². The van der Waals surface area contributed by atoms with E-state index in [4.69, 9.17) is 0 Å². The van der Waals surface area contributed by atoms with Crippen molar-refractivity contribution in [1.82, 2.24) is 5.32 Å². The Morgan fingerprint density at radius 2 is 1.41 bits per heavy atom. The molecule has 3 rings (SSSR count). The van der Waals surface area contributed by atoms with Gasteiger partial charge in [-0.2, -0.15) is 13.2 Å². The zero-order chi connectivity index (χ0) is 20.9. The fourth-order valence-electron chi connectivity index (χ4n) is 2.64. The van der Waals surface area contributed by atoms with Crippen molar-refractivity contribution in [3.05, 3.63) is 101 Å². The molecule has 0 aromatic heterocycles. The summed E-state index contributed by atoms with van der Waals surface area (Å²) in [6.45, 7) is -0.0325. The normalized spacial score (nSPS) is 11.0. The van der Waals surface area contributed by atoms with E-state index >= 15 is 0 Å². The third kappa shape index (κ3) is 5.44. The van der Waals surface area contributed by atoms with Crippen LogP contribution in [0.5, 0.6) is 0 Å². The van der Waals surface area contributed by atoms with Crippen molar-refractivity contribution in [1.29, 1.82) is 0 Å². The lowest BCUT2D eigenvalue weighted by Crippen LogP contribution is -2.23. The molecule has 0 spiro atoms. The molecule has 0 aliphatic heterocycles. The summed E-state index contributed by atoms with van der Waals surface area (Å²) in [5, 5.41) is 5.31. The molecule has 2 N–H and O–H groups in total. The number of hydrogen-bond acceptors (Lipinski definition) is 2. The number of rotatable bonds is 5. The SMILES string of the molecule is O=C(NCc1cccc(C(F)(F)F)c1)c1ccc(NC(=O)c2ccccc2)cc1. The van der Waals surface area contributed by atoms with E-state index in [1.165, 1.54) is 24.3 Å². The van der Waals surface area contributed by atoms with Crippen molar-refractivity contribution in [2.24, 2.45) is 0 Å². The molecule has 0 fully saturated rings. The highest BCUT2D eigenvalue weighted by Gasteiger charge is 2.30. The molecule has 0 saturated carbocycles. The summed E-state index contributed by atoms with van der Waals surface area (Å²) in [5.41, 5.74) is 0.945. The summed E-state index contributed by atoms with van der Waals surface area (Å²) >= 11 is 0. The predicted octanol–water partition coefficient (Wildman–Crippen LogP) is 4.89. The second kappa shape index (κ2) is 8.60. The highest BCUT2D eigenvalue weighted by molar-refractivity contribution is 6.04. The smallest absolute Gasteiger partial charge is 0.348 e. The summed E-state index contributed by atoms with van der Waals surface area (Å²) in [4.78, 5) is 24.4. The maximum Gasteiger partial charge on any atom is 0.416 e. The van der Waals surface area contributed by atoms with E-state index in [0.717, 1.165) is 12.1 Å². The topological polar surface area (TPSA) is 58.2 Å². The van der Waals surface area contributed by atoms with E-state index < -0.39 is 17.6 Å². The maximum absolute atomic E-state index is 12.8. The Balaban J connectivity index is 1.59. The number of carbonyl (C=O) groups is 2. The zero-order valence-electron chi connectivity index (χ0n) is 15.2. The van der Waals surface area contributed by atoms with Crippen LogP contribution in [0.3, 0.4) is 0 Å². The van der Waals surface area contributed by atoms with Crippen molar-refractivity contribution >= 4 is 17.5 Å². The molecule has 4 nitrogen and oxygen atoms in total. The van der Waals surface area contributed by atoms with Crippen LogP contribution in [0.4, 0.5) is 18.9 Å².